The summed E-state index contributed by atoms with van der Waals surface area (Å²) in [7, 11) is 0. The molecular weight excluding hydrogens is 256 g/mol. The smallest absolute Gasteiger partial charge is 0.329 e. The molecule has 0 unspecified atom stereocenters. The number of benzene rings is 1. The minimum absolute atomic E-state index is 0.328. The van der Waals surface area contributed by atoms with E-state index in [1.165, 1.54) is 0 Å². The van der Waals surface area contributed by atoms with Crippen molar-refractivity contribution in [1.82, 2.24) is 10.3 Å². The summed E-state index contributed by atoms with van der Waals surface area (Å²) >= 11 is 0. The number of carbonyl (C=O) groups excluding carboxylic acids is 1. The Hall–Kier alpha value is -2.30. The molecule has 0 spiro atoms. The van der Waals surface area contributed by atoms with E-state index < -0.39 is 11.5 Å². The molecule has 0 bridgehead atoms. The van der Waals surface area contributed by atoms with Crippen LogP contribution in [0.25, 0.3) is 10.9 Å². The van der Waals surface area contributed by atoms with Gasteiger partial charge in [0, 0.05) is 17.3 Å². The van der Waals surface area contributed by atoms with E-state index in [0.717, 1.165) is 23.7 Å². The highest BCUT2D eigenvalue weighted by Gasteiger charge is 2.42. The van der Waals surface area contributed by atoms with Gasteiger partial charge in [-0.15, -0.1) is 0 Å². The molecular formula is C15H16N2O3. The first-order valence-electron chi connectivity index (χ1n) is 6.74. The largest absolute Gasteiger partial charge is 0.480 e. The number of aromatic amines is 1. The van der Waals surface area contributed by atoms with Gasteiger partial charge in [0.2, 0.25) is 0 Å². The molecule has 1 fully saturated rings. The number of carboxylic acid groups (broad SMARTS) is 1. The van der Waals surface area contributed by atoms with Gasteiger partial charge in [-0.3, -0.25) is 4.79 Å². The number of hydrogen-bond donors (Lipinski definition) is 3. The lowest BCUT2D eigenvalue weighted by Crippen LogP contribution is -2.52. The number of amides is 1. The summed E-state index contributed by atoms with van der Waals surface area (Å²) in [5.74, 6) is -1.27. The molecule has 1 saturated carbocycles. The molecule has 1 amide bonds. The second kappa shape index (κ2) is 4.67. The van der Waals surface area contributed by atoms with E-state index in [2.05, 4.69) is 10.3 Å². The summed E-state index contributed by atoms with van der Waals surface area (Å²) in [4.78, 5) is 26.8. The van der Waals surface area contributed by atoms with Gasteiger partial charge in [0.15, 0.2) is 0 Å². The molecule has 0 saturated heterocycles. The minimum atomic E-state index is -1.10. The van der Waals surface area contributed by atoms with E-state index in [-0.39, 0.29) is 5.91 Å². The number of aromatic nitrogens is 1. The quantitative estimate of drug-likeness (QED) is 0.801. The molecule has 2 aromatic rings. The van der Waals surface area contributed by atoms with E-state index in [1.807, 2.05) is 18.3 Å². The predicted octanol–water partition coefficient (Wildman–Crippen LogP) is 2.30. The molecule has 1 aliphatic rings. The summed E-state index contributed by atoms with van der Waals surface area (Å²) < 4.78 is 0. The molecule has 0 atom stereocenters. The second-order valence-electron chi connectivity index (χ2n) is 5.33. The van der Waals surface area contributed by atoms with Gasteiger partial charge in [0.1, 0.15) is 5.54 Å². The lowest BCUT2D eigenvalue weighted by molar-refractivity contribution is -0.144. The predicted molar refractivity (Wildman–Crippen MR) is 74.6 cm³/mol. The summed E-state index contributed by atoms with van der Waals surface area (Å²) in [5.41, 5.74) is 0.253. The van der Waals surface area contributed by atoms with Crippen LogP contribution in [0.5, 0.6) is 0 Å². The fourth-order valence-corrected chi connectivity index (χ4v) is 2.85. The van der Waals surface area contributed by atoms with Crippen LogP contribution in [0.3, 0.4) is 0 Å². The van der Waals surface area contributed by atoms with Crippen LogP contribution in [0.4, 0.5) is 0 Å². The maximum absolute atomic E-state index is 12.3. The number of rotatable bonds is 3. The number of hydrogen-bond acceptors (Lipinski definition) is 2. The van der Waals surface area contributed by atoms with Crippen LogP contribution in [0.15, 0.2) is 30.5 Å². The van der Waals surface area contributed by atoms with Gasteiger partial charge in [-0.05, 0) is 36.4 Å². The Morgan fingerprint density at radius 2 is 1.95 bits per heavy atom. The molecule has 5 nitrogen and oxygen atoms in total. The van der Waals surface area contributed by atoms with Crippen LogP contribution < -0.4 is 5.32 Å². The molecule has 1 heterocycles. The molecule has 0 aliphatic heterocycles. The maximum atomic E-state index is 12.3. The SMILES string of the molecule is O=C(NC1(C(=O)O)CCCC1)c1ccc2cc[nH]c2c1. The summed E-state index contributed by atoms with van der Waals surface area (Å²) in [6, 6.07) is 7.24. The number of aliphatic carboxylic acids is 1. The first-order valence-corrected chi connectivity index (χ1v) is 6.74. The average Bonchev–Trinajstić information content (AvgIpc) is 3.06. The third kappa shape index (κ3) is 2.05. The van der Waals surface area contributed by atoms with E-state index in [0.29, 0.717) is 18.4 Å². The maximum Gasteiger partial charge on any atom is 0.329 e. The van der Waals surface area contributed by atoms with Gasteiger partial charge in [-0.25, -0.2) is 4.79 Å². The van der Waals surface area contributed by atoms with Crippen LogP contribution in [-0.2, 0) is 4.79 Å². The molecule has 1 aromatic carbocycles. The molecule has 1 aliphatic carbocycles. The highest BCUT2D eigenvalue weighted by atomic mass is 16.4. The molecule has 20 heavy (non-hydrogen) atoms. The lowest BCUT2D eigenvalue weighted by atomic mass is 9.97. The highest BCUT2D eigenvalue weighted by molar-refractivity contribution is 6.00. The van der Waals surface area contributed by atoms with Crippen LogP contribution >= 0.6 is 0 Å². The number of carboxylic acids is 1. The van der Waals surface area contributed by atoms with Crippen molar-refractivity contribution >= 4 is 22.8 Å². The first-order chi connectivity index (χ1) is 9.61. The normalized spacial score (nSPS) is 17.2. The average molecular weight is 272 g/mol. The Morgan fingerprint density at radius 3 is 2.65 bits per heavy atom. The van der Waals surface area contributed by atoms with Gasteiger partial charge < -0.3 is 15.4 Å². The van der Waals surface area contributed by atoms with Gasteiger partial charge in [0.25, 0.3) is 5.91 Å². The zero-order chi connectivity index (χ0) is 14.2. The van der Waals surface area contributed by atoms with Crippen LogP contribution in [0, 0.1) is 0 Å². The van der Waals surface area contributed by atoms with Crippen molar-refractivity contribution in [2.45, 2.75) is 31.2 Å². The Kier molecular flexibility index (Phi) is 2.97. The molecule has 3 N–H and O–H groups in total. The fraction of sp³-hybridized carbons (Fsp3) is 0.333. The molecule has 104 valence electrons. The number of H-pyrrole nitrogens is 1. The first kappa shape index (κ1) is 12.7. The van der Waals surface area contributed by atoms with Gasteiger partial charge in [0.05, 0.1) is 0 Å². The Balaban J connectivity index is 1.86. The number of nitrogens with one attached hydrogen (secondary N) is 2. The van der Waals surface area contributed by atoms with E-state index in [1.54, 1.807) is 12.1 Å². The van der Waals surface area contributed by atoms with E-state index in [9.17, 15) is 14.7 Å². The molecule has 3 rings (SSSR count). The van der Waals surface area contributed by atoms with Crippen molar-refractivity contribution < 1.29 is 14.7 Å². The minimum Gasteiger partial charge on any atom is -0.480 e. The van der Waals surface area contributed by atoms with Gasteiger partial charge in [-0.1, -0.05) is 18.9 Å². The van der Waals surface area contributed by atoms with Gasteiger partial charge in [-0.2, -0.15) is 0 Å². The topological polar surface area (TPSA) is 82.2 Å². The zero-order valence-electron chi connectivity index (χ0n) is 11.0. The molecule has 1 aromatic heterocycles. The number of fused-ring (bicyclic) bond motifs is 1. The van der Waals surface area contributed by atoms with Gasteiger partial charge >= 0.3 is 5.97 Å². The van der Waals surface area contributed by atoms with E-state index >= 15 is 0 Å². The van der Waals surface area contributed by atoms with Crippen molar-refractivity contribution in [2.75, 3.05) is 0 Å². The third-order valence-corrected chi connectivity index (χ3v) is 4.04. The Bertz CT molecular complexity index is 669. The van der Waals surface area contributed by atoms with Crippen molar-refractivity contribution in [1.29, 1.82) is 0 Å². The Morgan fingerprint density at radius 1 is 1.20 bits per heavy atom. The summed E-state index contributed by atoms with van der Waals surface area (Å²) in [6.45, 7) is 0. The van der Waals surface area contributed by atoms with E-state index in [4.69, 9.17) is 0 Å². The summed E-state index contributed by atoms with van der Waals surface area (Å²) in [6.07, 6.45) is 4.48. The van der Waals surface area contributed by atoms with Crippen LogP contribution in [0.2, 0.25) is 0 Å². The van der Waals surface area contributed by atoms with Crippen molar-refractivity contribution in [3.8, 4) is 0 Å². The fourth-order valence-electron chi connectivity index (χ4n) is 2.85. The molecule has 0 radical (unpaired) electrons. The van der Waals surface area contributed by atoms with Crippen molar-refractivity contribution in [3.05, 3.63) is 36.0 Å². The monoisotopic (exact) mass is 272 g/mol. The second-order valence-corrected chi connectivity index (χ2v) is 5.33. The molecule has 5 heteroatoms. The zero-order valence-corrected chi connectivity index (χ0v) is 11.0. The number of carbonyl (C=O) groups is 2. The highest BCUT2D eigenvalue weighted by Crippen LogP contribution is 2.30. The lowest BCUT2D eigenvalue weighted by Gasteiger charge is -2.25. The van der Waals surface area contributed by atoms with Crippen LogP contribution in [0.1, 0.15) is 36.0 Å². The van der Waals surface area contributed by atoms with Crippen molar-refractivity contribution in [2.24, 2.45) is 0 Å². The standard InChI is InChI=1S/C15H16N2O3/c18-13(17-15(14(19)20)6-1-2-7-15)11-4-3-10-5-8-16-12(10)9-11/h3-5,8-9,16H,1-2,6-7H2,(H,17,18)(H,19,20). The van der Waals surface area contributed by atoms with Crippen LogP contribution in [-0.4, -0.2) is 27.5 Å². The summed E-state index contributed by atoms with van der Waals surface area (Å²) in [5, 5.41) is 13.1. The third-order valence-electron chi connectivity index (χ3n) is 4.04. The van der Waals surface area contributed by atoms with Crippen molar-refractivity contribution in [3.63, 3.8) is 0 Å². The Labute approximate surface area is 116 Å².